The molecule has 100 valence electrons. The van der Waals surface area contributed by atoms with Crippen LogP contribution in [0.15, 0.2) is 33.8 Å². The third-order valence-electron chi connectivity index (χ3n) is 3.01. The molecule has 0 saturated carbocycles. The fraction of sp³-hybridized carbons (Fsp3) is 0.231. The number of benzene rings is 1. The summed E-state index contributed by atoms with van der Waals surface area (Å²) in [4.78, 5) is 0. The van der Waals surface area contributed by atoms with Crippen LogP contribution in [0.5, 0.6) is 0 Å². The van der Waals surface area contributed by atoms with Gasteiger partial charge in [-0.25, -0.2) is 0 Å². The molecule has 0 N–H and O–H groups in total. The molecule has 1 heterocycles. The summed E-state index contributed by atoms with van der Waals surface area (Å²) in [6, 6.07) is 6.20. The Labute approximate surface area is 159 Å². The zero-order valence-corrected chi connectivity index (χ0v) is 16.5. The monoisotopic (exact) mass is 456 g/mol. The van der Waals surface area contributed by atoms with Gasteiger partial charge in [0, 0.05) is 5.76 Å². The molecule has 1 nitrogen and oxygen atoms in total. The molecule has 0 amide bonds. The molecule has 1 unspecified atom stereocenters. The predicted octanol–water partition coefficient (Wildman–Crippen LogP) is -7.03. The average molecular weight is 460 g/mol. The Bertz CT molecular complexity index is 613. The Balaban J connectivity index is 0. The van der Waals surface area contributed by atoms with Gasteiger partial charge in [-0.1, -0.05) is 51.4 Å². The second-order valence-electron chi connectivity index (χ2n) is 3.96. The Morgan fingerprint density at radius 2 is 1.84 bits per heavy atom. The molecule has 1 aromatic rings. The van der Waals surface area contributed by atoms with Crippen molar-refractivity contribution >= 4 is 27.8 Å². The van der Waals surface area contributed by atoms with Crippen molar-refractivity contribution in [1.82, 2.24) is 0 Å². The van der Waals surface area contributed by atoms with Crippen molar-refractivity contribution in [2.24, 2.45) is 0 Å². The molecule has 1 aliphatic heterocycles. The predicted molar refractivity (Wildman–Crippen MR) is 63.5 cm³/mol. The Kier molecular flexibility index (Phi) is 9.55. The van der Waals surface area contributed by atoms with Crippen molar-refractivity contribution < 1.29 is 68.2 Å². The molecule has 0 radical (unpaired) electrons. The summed E-state index contributed by atoms with van der Waals surface area (Å²) in [6.07, 6.45) is 3.60. The van der Waals surface area contributed by atoms with Gasteiger partial charge in [-0.05, 0) is 11.4 Å². The molecule has 0 saturated heterocycles. The molecule has 0 aromatic heterocycles. The van der Waals surface area contributed by atoms with Crippen molar-refractivity contribution in [3.63, 3.8) is 0 Å². The van der Waals surface area contributed by atoms with Crippen LogP contribution in [-0.4, -0.2) is 6.10 Å². The standard InChI is InChI=1S/C13H10BrO.3ClH.Zr/c1-7-8(2)15-13-11-4-3-10(14)5-9(11)6-12(7)13;;;;/h3-5,8H,1-2H3;3*1H;/q-1;;;;+4/p-3. The zero-order valence-electron chi connectivity index (χ0n) is 10.2. The molecule has 1 aliphatic carbocycles. The van der Waals surface area contributed by atoms with Gasteiger partial charge in [0.15, 0.2) is 0 Å². The SMILES string of the molecule is CC1=C2[C-]=c3cc(Br)ccc3=C2OC1C.[Cl-].[Cl-].[Cl-].[Zr+4]. The summed E-state index contributed by atoms with van der Waals surface area (Å²) in [5.41, 5.74) is 2.42. The first-order chi connectivity index (χ1) is 7.16. The van der Waals surface area contributed by atoms with Crippen molar-refractivity contribution in [3.8, 4) is 0 Å². The van der Waals surface area contributed by atoms with Gasteiger partial charge in [-0.15, -0.1) is 17.4 Å². The van der Waals surface area contributed by atoms with E-state index in [-0.39, 0.29) is 69.5 Å². The van der Waals surface area contributed by atoms with Gasteiger partial charge in [0.2, 0.25) is 0 Å². The smallest absolute Gasteiger partial charge is 1.00 e. The Hall–Kier alpha value is 0.733. The van der Waals surface area contributed by atoms with Gasteiger partial charge in [0.25, 0.3) is 0 Å². The Morgan fingerprint density at radius 1 is 1.21 bits per heavy atom. The number of fused-ring (bicyclic) bond motifs is 2. The molecule has 0 bridgehead atoms. The number of rotatable bonds is 0. The normalized spacial score (nSPS) is 17.6. The van der Waals surface area contributed by atoms with Gasteiger partial charge in [-0.2, -0.15) is 0 Å². The number of halogens is 4. The van der Waals surface area contributed by atoms with Crippen LogP contribution in [0.3, 0.4) is 0 Å². The van der Waals surface area contributed by atoms with E-state index in [1.165, 1.54) is 5.57 Å². The maximum Gasteiger partial charge on any atom is 4.00 e. The van der Waals surface area contributed by atoms with Crippen LogP contribution in [0.2, 0.25) is 0 Å². The fourth-order valence-electron chi connectivity index (χ4n) is 2.01. The topological polar surface area (TPSA) is 9.23 Å². The maximum atomic E-state index is 5.83. The van der Waals surface area contributed by atoms with E-state index in [0.717, 1.165) is 26.2 Å². The van der Waals surface area contributed by atoms with E-state index < -0.39 is 0 Å². The minimum atomic E-state index is 0. The first-order valence-electron chi connectivity index (χ1n) is 4.98. The van der Waals surface area contributed by atoms with E-state index in [1.807, 2.05) is 6.07 Å². The molecule has 2 aliphatic rings. The van der Waals surface area contributed by atoms with Crippen LogP contribution in [0.1, 0.15) is 13.8 Å². The average Bonchev–Trinajstić information content (AvgIpc) is 2.66. The van der Waals surface area contributed by atoms with Crippen LogP contribution < -0.4 is 47.7 Å². The van der Waals surface area contributed by atoms with E-state index in [1.54, 1.807) is 0 Å². The first-order valence-corrected chi connectivity index (χ1v) is 5.78. The molecular formula is C13H10BrCl3OZr. The molecule has 1 aromatic carbocycles. The van der Waals surface area contributed by atoms with E-state index in [2.05, 4.69) is 48.0 Å². The van der Waals surface area contributed by atoms with Gasteiger partial charge >= 0.3 is 26.2 Å². The summed E-state index contributed by atoms with van der Waals surface area (Å²) < 4.78 is 6.91. The van der Waals surface area contributed by atoms with E-state index in [0.29, 0.717) is 0 Å². The minimum Gasteiger partial charge on any atom is -1.00 e. The first kappa shape index (κ1) is 22.0. The molecule has 0 spiro atoms. The van der Waals surface area contributed by atoms with E-state index >= 15 is 0 Å². The van der Waals surface area contributed by atoms with Crippen molar-refractivity contribution in [3.05, 3.63) is 44.3 Å². The molecular weight excluding hydrogens is 450 g/mol. The second-order valence-corrected chi connectivity index (χ2v) is 4.88. The fourth-order valence-corrected chi connectivity index (χ4v) is 2.37. The van der Waals surface area contributed by atoms with Crippen molar-refractivity contribution in [2.45, 2.75) is 20.0 Å². The summed E-state index contributed by atoms with van der Waals surface area (Å²) in [6.45, 7) is 4.19. The molecule has 1 atom stereocenters. The Morgan fingerprint density at radius 3 is 2.47 bits per heavy atom. The quantitative estimate of drug-likeness (QED) is 0.351. The van der Waals surface area contributed by atoms with Crippen molar-refractivity contribution in [2.75, 3.05) is 0 Å². The van der Waals surface area contributed by atoms with Gasteiger partial charge in [0.05, 0.1) is 6.10 Å². The minimum absolute atomic E-state index is 0. The van der Waals surface area contributed by atoms with Crippen LogP contribution >= 0.6 is 15.9 Å². The third kappa shape index (κ3) is 3.68. The number of hydrogen-bond acceptors (Lipinski definition) is 1. The zero-order chi connectivity index (χ0) is 10.6. The van der Waals surface area contributed by atoms with Crippen LogP contribution in [0, 0.1) is 0 Å². The molecule has 3 rings (SSSR count). The maximum absolute atomic E-state index is 5.83. The summed E-state index contributed by atoms with van der Waals surface area (Å²) in [5.74, 6) is 1.00. The van der Waals surface area contributed by atoms with Crippen LogP contribution in [-0.2, 0) is 30.9 Å². The molecule has 19 heavy (non-hydrogen) atoms. The summed E-state index contributed by atoms with van der Waals surface area (Å²) in [5, 5.41) is 2.29. The number of hydrogen-bond donors (Lipinski definition) is 0. The van der Waals surface area contributed by atoms with Gasteiger partial charge in [0.1, 0.15) is 0 Å². The van der Waals surface area contributed by atoms with Crippen LogP contribution in [0.4, 0.5) is 0 Å². The summed E-state index contributed by atoms with van der Waals surface area (Å²) >= 11 is 3.47. The molecule has 6 heteroatoms. The van der Waals surface area contributed by atoms with E-state index in [4.69, 9.17) is 4.74 Å². The largest absolute Gasteiger partial charge is 4.00 e. The second kappa shape index (κ2) is 8.24. The van der Waals surface area contributed by atoms with Gasteiger partial charge < -0.3 is 42.0 Å². The van der Waals surface area contributed by atoms with Gasteiger partial charge in [-0.3, -0.25) is 0 Å². The molecule has 0 fully saturated rings. The summed E-state index contributed by atoms with van der Waals surface area (Å²) in [7, 11) is 0. The van der Waals surface area contributed by atoms with Crippen molar-refractivity contribution in [1.29, 1.82) is 0 Å². The number of ether oxygens (including phenoxy) is 1. The van der Waals surface area contributed by atoms with Crippen LogP contribution in [0.25, 0.3) is 11.8 Å². The van der Waals surface area contributed by atoms with E-state index in [9.17, 15) is 0 Å². The third-order valence-corrected chi connectivity index (χ3v) is 3.50.